The van der Waals surface area contributed by atoms with Crippen molar-refractivity contribution < 1.29 is 22.8 Å². The fourth-order valence-corrected chi connectivity index (χ4v) is 4.90. The molecule has 0 saturated carbocycles. The monoisotopic (exact) mass is 474 g/mol. The number of amides is 3. The van der Waals surface area contributed by atoms with Crippen molar-refractivity contribution in [1.29, 1.82) is 0 Å². The van der Waals surface area contributed by atoms with E-state index >= 15 is 0 Å². The van der Waals surface area contributed by atoms with Crippen LogP contribution in [0.25, 0.3) is 0 Å². The van der Waals surface area contributed by atoms with Gasteiger partial charge in [0, 0.05) is 24.3 Å². The van der Waals surface area contributed by atoms with Crippen molar-refractivity contribution in [2.75, 3.05) is 24.3 Å². The summed E-state index contributed by atoms with van der Waals surface area (Å²) in [6.07, 6.45) is 0.915. The van der Waals surface area contributed by atoms with E-state index in [1.807, 2.05) is 19.1 Å². The van der Waals surface area contributed by atoms with Gasteiger partial charge in [0.2, 0.25) is 5.91 Å². The molecule has 1 N–H and O–H groups in total. The standard InChI is InChI=1S/C23H26N2O5S2/c1-16-7-9-17(10-8-16)15-31-13-12-24-21(26)20(11-14-32(2,29)30)25-22(27)18-5-3-4-6-19(18)23(25)28/h3-10,20H,11-15H2,1-2H3,(H,24,26)/t20-/m0/s1. The normalized spacial score (nSPS) is 14.4. The molecule has 2 aromatic rings. The number of carbonyl (C=O) groups is 3. The van der Waals surface area contributed by atoms with Gasteiger partial charge >= 0.3 is 0 Å². The van der Waals surface area contributed by atoms with Crippen molar-refractivity contribution in [3.05, 3.63) is 70.8 Å². The molecule has 32 heavy (non-hydrogen) atoms. The highest BCUT2D eigenvalue weighted by molar-refractivity contribution is 7.98. The first-order valence-electron chi connectivity index (χ1n) is 10.2. The molecule has 0 bridgehead atoms. The lowest BCUT2D eigenvalue weighted by atomic mass is 10.1. The number of carbonyl (C=O) groups excluding carboxylic acids is 3. The smallest absolute Gasteiger partial charge is 0.262 e. The Morgan fingerprint density at radius 1 is 1.03 bits per heavy atom. The van der Waals surface area contributed by atoms with Crippen LogP contribution in [-0.4, -0.2) is 61.4 Å². The van der Waals surface area contributed by atoms with E-state index in [4.69, 9.17) is 0 Å². The maximum atomic E-state index is 12.9. The number of rotatable bonds is 10. The Morgan fingerprint density at radius 3 is 2.19 bits per heavy atom. The zero-order chi connectivity index (χ0) is 23.3. The molecule has 1 atom stereocenters. The molecule has 170 valence electrons. The van der Waals surface area contributed by atoms with Crippen LogP contribution in [0.15, 0.2) is 48.5 Å². The van der Waals surface area contributed by atoms with Gasteiger partial charge in [-0.05, 0) is 31.0 Å². The average Bonchev–Trinajstić information content (AvgIpc) is 3.00. The number of fused-ring (bicyclic) bond motifs is 1. The van der Waals surface area contributed by atoms with Gasteiger partial charge in [0.25, 0.3) is 11.8 Å². The SMILES string of the molecule is Cc1ccc(CSCCNC(=O)[C@H](CCS(C)(=O)=O)N2C(=O)c3ccccc3C2=O)cc1. The van der Waals surface area contributed by atoms with Crippen LogP contribution < -0.4 is 5.32 Å². The molecule has 0 fully saturated rings. The molecule has 3 amide bonds. The number of nitrogens with zero attached hydrogens (tertiary/aromatic N) is 1. The zero-order valence-electron chi connectivity index (χ0n) is 18.0. The fraction of sp³-hybridized carbons (Fsp3) is 0.348. The van der Waals surface area contributed by atoms with Crippen LogP contribution in [0.5, 0.6) is 0 Å². The Kier molecular flexibility index (Phi) is 7.73. The van der Waals surface area contributed by atoms with Crippen LogP contribution in [-0.2, 0) is 20.4 Å². The molecule has 3 rings (SSSR count). The molecule has 0 unspecified atom stereocenters. The lowest BCUT2D eigenvalue weighted by Gasteiger charge is -2.25. The Hall–Kier alpha value is -2.65. The van der Waals surface area contributed by atoms with E-state index in [1.54, 1.807) is 23.9 Å². The topological polar surface area (TPSA) is 101 Å². The van der Waals surface area contributed by atoms with Gasteiger partial charge in [-0.1, -0.05) is 42.0 Å². The summed E-state index contributed by atoms with van der Waals surface area (Å²) in [5.74, 6) is -0.548. The summed E-state index contributed by atoms with van der Waals surface area (Å²) in [5.41, 5.74) is 2.83. The number of nitrogens with one attached hydrogen (secondary N) is 1. The molecular formula is C23H26N2O5S2. The molecule has 9 heteroatoms. The van der Waals surface area contributed by atoms with E-state index in [0.29, 0.717) is 12.3 Å². The van der Waals surface area contributed by atoms with Crippen molar-refractivity contribution in [2.24, 2.45) is 0 Å². The Bertz CT molecular complexity index is 1080. The van der Waals surface area contributed by atoms with Crippen LogP contribution in [0.4, 0.5) is 0 Å². The largest absolute Gasteiger partial charge is 0.353 e. The quantitative estimate of drug-likeness (QED) is 0.419. The number of imide groups is 1. The van der Waals surface area contributed by atoms with Gasteiger partial charge in [0.15, 0.2) is 0 Å². The molecule has 1 aliphatic heterocycles. The number of thioether (sulfide) groups is 1. The molecule has 0 spiro atoms. The highest BCUT2D eigenvalue weighted by Crippen LogP contribution is 2.26. The second-order valence-electron chi connectivity index (χ2n) is 7.79. The van der Waals surface area contributed by atoms with Crippen LogP contribution >= 0.6 is 11.8 Å². The minimum Gasteiger partial charge on any atom is -0.353 e. The van der Waals surface area contributed by atoms with Gasteiger partial charge in [-0.3, -0.25) is 19.3 Å². The zero-order valence-corrected chi connectivity index (χ0v) is 19.7. The molecule has 0 radical (unpaired) electrons. The fourth-order valence-electron chi connectivity index (χ4n) is 3.43. The van der Waals surface area contributed by atoms with Crippen LogP contribution in [0, 0.1) is 6.92 Å². The summed E-state index contributed by atoms with van der Waals surface area (Å²) in [4.78, 5) is 39.4. The summed E-state index contributed by atoms with van der Waals surface area (Å²) in [7, 11) is -3.38. The molecule has 1 heterocycles. The second-order valence-corrected chi connectivity index (χ2v) is 11.2. The van der Waals surface area contributed by atoms with Crippen LogP contribution in [0.2, 0.25) is 0 Å². The minimum atomic E-state index is -3.38. The van der Waals surface area contributed by atoms with Crippen molar-refractivity contribution >= 4 is 39.3 Å². The third-order valence-corrected chi connectivity index (χ3v) is 7.14. The van der Waals surface area contributed by atoms with E-state index in [2.05, 4.69) is 17.4 Å². The van der Waals surface area contributed by atoms with E-state index < -0.39 is 33.6 Å². The van der Waals surface area contributed by atoms with Crippen molar-refractivity contribution in [2.45, 2.75) is 25.1 Å². The van der Waals surface area contributed by atoms with Crippen molar-refractivity contribution in [3.8, 4) is 0 Å². The molecule has 2 aromatic carbocycles. The van der Waals surface area contributed by atoms with E-state index in [1.165, 1.54) is 23.3 Å². The number of benzene rings is 2. The first kappa shape index (κ1) is 24.0. The van der Waals surface area contributed by atoms with E-state index in [-0.39, 0.29) is 23.3 Å². The maximum Gasteiger partial charge on any atom is 0.262 e. The minimum absolute atomic E-state index is 0.146. The molecule has 0 saturated heterocycles. The molecule has 7 nitrogen and oxygen atoms in total. The predicted molar refractivity (Wildman–Crippen MR) is 125 cm³/mol. The second kappa shape index (κ2) is 10.3. The van der Waals surface area contributed by atoms with Gasteiger partial charge in [0.05, 0.1) is 16.9 Å². The summed E-state index contributed by atoms with van der Waals surface area (Å²) in [5, 5.41) is 2.76. The Balaban J connectivity index is 1.62. The third kappa shape index (κ3) is 5.98. The Labute approximate surface area is 192 Å². The van der Waals surface area contributed by atoms with Crippen LogP contribution in [0.1, 0.15) is 38.3 Å². The van der Waals surface area contributed by atoms with E-state index in [9.17, 15) is 22.8 Å². The van der Waals surface area contributed by atoms with Gasteiger partial charge in [-0.25, -0.2) is 8.42 Å². The summed E-state index contributed by atoms with van der Waals surface area (Å²) < 4.78 is 23.4. The summed E-state index contributed by atoms with van der Waals surface area (Å²) >= 11 is 1.65. The Morgan fingerprint density at radius 2 is 1.62 bits per heavy atom. The number of aryl methyl sites for hydroxylation is 1. The van der Waals surface area contributed by atoms with Gasteiger partial charge in [-0.2, -0.15) is 11.8 Å². The first-order chi connectivity index (χ1) is 15.2. The van der Waals surface area contributed by atoms with Gasteiger partial charge in [-0.15, -0.1) is 0 Å². The number of hydrogen-bond donors (Lipinski definition) is 1. The molecule has 0 aromatic heterocycles. The van der Waals surface area contributed by atoms with Crippen molar-refractivity contribution in [1.82, 2.24) is 10.2 Å². The average molecular weight is 475 g/mol. The first-order valence-corrected chi connectivity index (χ1v) is 13.4. The summed E-state index contributed by atoms with van der Waals surface area (Å²) in [6.45, 7) is 2.37. The van der Waals surface area contributed by atoms with Crippen molar-refractivity contribution in [3.63, 3.8) is 0 Å². The lowest BCUT2D eigenvalue weighted by Crippen LogP contribution is -2.50. The highest BCUT2D eigenvalue weighted by atomic mass is 32.2. The summed E-state index contributed by atoms with van der Waals surface area (Å²) in [6, 6.07) is 13.4. The number of hydrogen-bond acceptors (Lipinski definition) is 6. The highest BCUT2D eigenvalue weighted by Gasteiger charge is 2.42. The van der Waals surface area contributed by atoms with Gasteiger partial charge < -0.3 is 5.32 Å². The van der Waals surface area contributed by atoms with Gasteiger partial charge in [0.1, 0.15) is 15.9 Å². The lowest BCUT2D eigenvalue weighted by molar-refractivity contribution is -0.124. The molecule has 0 aliphatic carbocycles. The predicted octanol–water partition coefficient (Wildman–Crippen LogP) is 2.44. The number of sulfone groups is 1. The third-order valence-electron chi connectivity index (χ3n) is 5.14. The molecular weight excluding hydrogens is 448 g/mol. The van der Waals surface area contributed by atoms with E-state index in [0.717, 1.165) is 16.9 Å². The van der Waals surface area contributed by atoms with Crippen LogP contribution in [0.3, 0.4) is 0 Å². The maximum absolute atomic E-state index is 12.9. The molecule has 1 aliphatic rings.